The summed E-state index contributed by atoms with van der Waals surface area (Å²) in [6.45, 7) is 9.54. The van der Waals surface area contributed by atoms with Gasteiger partial charge in [-0.05, 0) is 19.3 Å². The lowest BCUT2D eigenvalue weighted by Crippen LogP contribution is -2.44. The maximum atomic E-state index is 3.81. The van der Waals surface area contributed by atoms with Gasteiger partial charge in [0.1, 0.15) is 0 Å². The summed E-state index contributed by atoms with van der Waals surface area (Å²) in [7, 11) is 0.854. The Morgan fingerprint density at radius 1 is 1.33 bits per heavy atom. The zero-order chi connectivity index (χ0) is 11.1. The molecule has 0 fully saturated rings. The predicted octanol–water partition coefficient (Wildman–Crippen LogP) is 1.19. The van der Waals surface area contributed by atoms with Gasteiger partial charge in [-0.1, -0.05) is 49.0 Å². The van der Waals surface area contributed by atoms with Crippen molar-refractivity contribution < 1.29 is 0 Å². The third-order valence-electron chi connectivity index (χ3n) is 2.30. The van der Waals surface area contributed by atoms with Crippen molar-refractivity contribution in [2.24, 2.45) is 0 Å². The topological polar surface area (TPSA) is 15.3 Å². The van der Waals surface area contributed by atoms with Crippen molar-refractivity contribution >= 4 is 12.9 Å². The molecule has 1 rings (SSSR count). The molecule has 0 saturated carbocycles. The third-order valence-corrected chi connectivity index (χ3v) is 2.30. The van der Waals surface area contributed by atoms with E-state index in [0.29, 0.717) is 0 Å². The molecule has 0 heterocycles. The first-order chi connectivity index (χ1) is 7.27. The van der Waals surface area contributed by atoms with Crippen molar-refractivity contribution in [1.29, 1.82) is 0 Å². The number of nitrogens with one attached hydrogen (secondary N) is 1. The first-order valence-electron chi connectivity index (χ1n) is 5.07. The van der Waals surface area contributed by atoms with Gasteiger partial charge in [0, 0.05) is 0 Å². The van der Waals surface area contributed by atoms with Crippen LogP contribution in [0.5, 0.6) is 0 Å². The summed E-state index contributed by atoms with van der Waals surface area (Å²) in [4.78, 5) is 2.12. The Hall–Kier alpha value is -1.64. The highest BCUT2D eigenvalue weighted by Gasteiger charge is 2.08. The van der Waals surface area contributed by atoms with Crippen LogP contribution >= 0.6 is 0 Å². The van der Waals surface area contributed by atoms with Crippen LogP contribution < -0.4 is 10.8 Å². The van der Waals surface area contributed by atoms with Crippen LogP contribution in [0.2, 0.25) is 0 Å². The van der Waals surface area contributed by atoms with Crippen LogP contribution in [0.25, 0.3) is 0 Å². The van der Waals surface area contributed by atoms with Gasteiger partial charge in [0.15, 0.2) is 0 Å². The maximum Gasteiger partial charge on any atom is 0.271 e. The van der Waals surface area contributed by atoms with Gasteiger partial charge < -0.3 is 10.1 Å². The Kier molecular flexibility index (Phi) is 4.55. The van der Waals surface area contributed by atoms with Gasteiger partial charge in [-0.25, -0.2) is 0 Å². The highest BCUT2D eigenvalue weighted by atomic mass is 15.2. The van der Waals surface area contributed by atoms with E-state index in [1.54, 1.807) is 6.20 Å². The molecule has 1 unspecified atom stereocenters. The van der Waals surface area contributed by atoms with Gasteiger partial charge in [0.25, 0.3) is 7.41 Å². The van der Waals surface area contributed by atoms with E-state index in [9.17, 15) is 0 Å². The number of benzene rings is 1. The Morgan fingerprint density at radius 2 is 2.00 bits per heavy atom. The lowest BCUT2D eigenvalue weighted by Gasteiger charge is -2.27. The first kappa shape index (κ1) is 11.4. The van der Waals surface area contributed by atoms with Crippen LogP contribution in [0.4, 0.5) is 0 Å². The molecule has 0 saturated heterocycles. The molecule has 0 radical (unpaired) electrons. The van der Waals surface area contributed by atoms with Gasteiger partial charge in [0.05, 0.1) is 6.17 Å². The van der Waals surface area contributed by atoms with E-state index in [2.05, 4.69) is 42.3 Å². The van der Waals surface area contributed by atoms with Crippen molar-refractivity contribution in [3.05, 3.63) is 55.9 Å². The summed E-state index contributed by atoms with van der Waals surface area (Å²) in [5, 5.41) is 3.14. The molecular formula is C12H17BN2. The second kappa shape index (κ2) is 5.96. The molecule has 3 heteroatoms. The van der Waals surface area contributed by atoms with Gasteiger partial charge >= 0.3 is 0 Å². The molecule has 78 valence electrons. The monoisotopic (exact) mass is 200 g/mol. The van der Waals surface area contributed by atoms with E-state index in [1.165, 1.54) is 5.46 Å². The molecule has 0 aliphatic rings. The highest BCUT2D eigenvalue weighted by molar-refractivity contribution is 6.50. The van der Waals surface area contributed by atoms with E-state index in [-0.39, 0.29) is 6.17 Å². The van der Waals surface area contributed by atoms with Crippen LogP contribution in [0.3, 0.4) is 0 Å². The van der Waals surface area contributed by atoms with Crippen LogP contribution in [-0.2, 0) is 0 Å². The summed E-state index contributed by atoms with van der Waals surface area (Å²) in [5.41, 5.74) is 1.27. The van der Waals surface area contributed by atoms with E-state index in [0.717, 1.165) is 7.41 Å². The molecule has 1 aromatic carbocycles. The predicted molar refractivity (Wildman–Crippen MR) is 68.1 cm³/mol. The largest absolute Gasteiger partial charge is 0.402 e. The second-order valence-corrected chi connectivity index (χ2v) is 3.39. The molecule has 0 aromatic heterocycles. The zero-order valence-corrected chi connectivity index (χ0v) is 9.19. The third kappa shape index (κ3) is 3.54. The summed E-state index contributed by atoms with van der Waals surface area (Å²) >= 11 is 0. The fourth-order valence-corrected chi connectivity index (χ4v) is 1.42. The van der Waals surface area contributed by atoms with Gasteiger partial charge in [-0.3, -0.25) is 0 Å². The van der Waals surface area contributed by atoms with E-state index in [1.807, 2.05) is 24.4 Å². The lowest BCUT2D eigenvalue weighted by molar-refractivity contribution is 0.416. The Labute approximate surface area is 92.6 Å². The molecule has 1 N–H and O–H groups in total. The molecule has 0 bridgehead atoms. The van der Waals surface area contributed by atoms with Gasteiger partial charge in [-0.2, -0.15) is 0 Å². The molecule has 2 nitrogen and oxygen atoms in total. The van der Waals surface area contributed by atoms with Crippen molar-refractivity contribution in [3.8, 4) is 0 Å². The smallest absolute Gasteiger partial charge is 0.271 e. The average Bonchev–Trinajstić information content (AvgIpc) is 2.27. The SMILES string of the molecule is C=CNC(C)N(Bc1ccccc1)C=C. The number of hydrogen-bond donors (Lipinski definition) is 1. The molecular weight excluding hydrogens is 183 g/mol. The Morgan fingerprint density at radius 3 is 2.53 bits per heavy atom. The van der Waals surface area contributed by atoms with Crippen molar-refractivity contribution in [1.82, 2.24) is 10.1 Å². The average molecular weight is 200 g/mol. The van der Waals surface area contributed by atoms with Crippen LogP contribution in [0.1, 0.15) is 6.92 Å². The van der Waals surface area contributed by atoms with Gasteiger partial charge in [0.2, 0.25) is 0 Å². The minimum atomic E-state index is 0.209. The first-order valence-corrected chi connectivity index (χ1v) is 5.07. The van der Waals surface area contributed by atoms with Crippen molar-refractivity contribution in [2.75, 3.05) is 0 Å². The quantitative estimate of drug-likeness (QED) is 0.548. The fourth-order valence-electron chi connectivity index (χ4n) is 1.42. The Bertz CT molecular complexity index is 311. The van der Waals surface area contributed by atoms with Gasteiger partial charge in [-0.15, -0.1) is 0 Å². The van der Waals surface area contributed by atoms with Crippen molar-refractivity contribution in [3.63, 3.8) is 0 Å². The number of nitrogens with zero attached hydrogens (tertiary/aromatic N) is 1. The van der Waals surface area contributed by atoms with E-state index >= 15 is 0 Å². The minimum Gasteiger partial charge on any atom is -0.402 e. The molecule has 15 heavy (non-hydrogen) atoms. The number of rotatable bonds is 6. The fraction of sp³-hybridized carbons (Fsp3) is 0.167. The second-order valence-electron chi connectivity index (χ2n) is 3.39. The maximum absolute atomic E-state index is 3.81. The van der Waals surface area contributed by atoms with Crippen LogP contribution in [-0.4, -0.2) is 18.4 Å². The highest BCUT2D eigenvalue weighted by Crippen LogP contribution is 1.94. The van der Waals surface area contributed by atoms with Crippen LogP contribution in [0, 0.1) is 0 Å². The molecule has 0 aliphatic carbocycles. The zero-order valence-electron chi connectivity index (χ0n) is 9.19. The molecule has 0 amide bonds. The Balaban J connectivity index is 2.61. The van der Waals surface area contributed by atoms with Crippen molar-refractivity contribution in [2.45, 2.75) is 13.1 Å². The minimum absolute atomic E-state index is 0.209. The molecule has 1 aromatic rings. The summed E-state index contributed by atoms with van der Waals surface area (Å²) in [5.74, 6) is 0. The summed E-state index contributed by atoms with van der Waals surface area (Å²) in [6.07, 6.45) is 3.75. The lowest BCUT2D eigenvalue weighted by atomic mass is 9.80. The molecule has 0 spiro atoms. The van der Waals surface area contributed by atoms with E-state index in [4.69, 9.17) is 0 Å². The summed E-state index contributed by atoms with van der Waals surface area (Å²) in [6, 6.07) is 10.3. The molecule has 1 atom stereocenters. The van der Waals surface area contributed by atoms with E-state index < -0.39 is 0 Å². The standard InChI is InChI=1S/C12H17BN2/c1-4-14-11(3)15(5-2)13-12-9-7-6-8-10-12/h4-11,13-14H,1-2H2,3H3. The van der Waals surface area contributed by atoms with Crippen LogP contribution in [0.15, 0.2) is 55.9 Å². The summed E-state index contributed by atoms with van der Waals surface area (Å²) < 4.78 is 0. The molecule has 0 aliphatic heterocycles. The number of hydrogen-bond acceptors (Lipinski definition) is 2. The normalized spacial score (nSPS) is 11.3.